The van der Waals surface area contributed by atoms with E-state index in [0.29, 0.717) is 5.02 Å². The van der Waals surface area contributed by atoms with E-state index in [1.54, 1.807) is 0 Å². The average Bonchev–Trinajstić information content (AvgIpc) is 2.89. The maximum absolute atomic E-state index is 12.7. The van der Waals surface area contributed by atoms with Gasteiger partial charge in [-0.05, 0) is 50.2 Å². The van der Waals surface area contributed by atoms with Crippen LogP contribution >= 0.6 is 11.6 Å². The van der Waals surface area contributed by atoms with Crippen LogP contribution in [0.15, 0.2) is 24.3 Å². The monoisotopic (exact) mass is 320 g/mol. The summed E-state index contributed by atoms with van der Waals surface area (Å²) in [5, 5.41) is 0.415. The quantitative estimate of drug-likeness (QED) is 0.849. The van der Waals surface area contributed by atoms with Crippen LogP contribution in [0, 0.1) is 0 Å². The maximum atomic E-state index is 12.7. The molecule has 1 aromatic rings. The lowest BCUT2D eigenvalue weighted by Gasteiger charge is -2.26. The smallest absolute Gasteiger partial charge is 0.302 e. The van der Waals surface area contributed by atoms with Crippen LogP contribution in [0.2, 0.25) is 5.02 Å². The highest BCUT2D eigenvalue weighted by Crippen LogP contribution is 2.24. The SMILES string of the molecule is O=C(CN1CCCC1)N(CC(F)(F)F)c1ccc(Cl)cc1. The Morgan fingerprint density at radius 3 is 2.29 bits per heavy atom. The van der Waals surface area contributed by atoms with Crippen LogP contribution in [0.3, 0.4) is 0 Å². The number of hydrogen-bond donors (Lipinski definition) is 0. The molecule has 1 heterocycles. The van der Waals surface area contributed by atoms with Gasteiger partial charge in [0, 0.05) is 10.7 Å². The van der Waals surface area contributed by atoms with E-state index < -0.39 is 18.6 Å². The number of hydrogen-bond acceptors (Lipinski definition) is 2. The molecule has 1 amide bonds. The van der Waals surface area contributed by atoms with Gasteiger partial charge in [-0.15, -0.1) is 0 Å². The largest absolute Gasteiger partial charge is 0.406 e. The minimum atomic E-state index is -4.44. The Hall–Kier alpha value is -1.27. The van der Waals surface area contributed by atoms with Gasteiger partial charge in [-0.2, -0.15) is 13.2 Å². The lowest BCUT2D eigenvalue weighted by atomic mass is 10.2. The highest BCUT2D eigenvalue weighted by molar-refractivity contribution is 6.30. The molecule has 3 nitrogen and oxygen atoms in total. The van der Waals surface area contributed by atoms with Crippen molar-refractivity contribution in [2.24, 2.45) is 0 Å². The van der Waals surface area contributed by atoms with E-state index in [4.69, 9.17) is 11.6 Å². The maximum Gasteiger partial charge on any atom is 0.406 e. The Bertz CT molecular complexity index is 484. The molecule has 1 aliphatic heterocycles. The van der Waals surface area contributed by atoms with Gasteiger partial charge in [-0.1, -0.05) is 11.6 Å². The van der Waals surface area contributed by atoms with Gasteiger partial charge < -0.3 is 4.90 Å². The predicted molar refractivity (Wildman–Crippen MR) is 75.5 cm³/mol. The molecular formula is C14H16ClF3N2O. The average molecular weight is 321 g/mol. The third-order valence-corrected chi connectivity index (χ3v) is 3.59. The molecule has 1 saturated heterocycles. The molecule has 1 aromatic carbocycles. The van der Waals surface area contributed by atoms with E-state index in [0.717, 1.165) is 30.8 Å². The second-order valence-electron chi connectivity index (χ2n) is 5.05. The van der Waals surface area contributed by atoms with E-state index in [-0.39, 0.29) is 12.2 Å². The van der Waals surface area contributed by atoms with Crippen molar-refractivity contribution < 1.29 is 18.0 Å². The van der Waals surface area contributed by atoms with Gasteiger partial charge in [-0.3, -0.25) is 9.69 Å². The lowest BCUT2D eigenvalue weighted by molar-refractivity contribution is -0.133. The Kier molecular flexibility index (Phi) is 5.11. The lowest BCUT2D eigenvalue weighted by Crippen LogP contribution is -2.44. The second-order valence-corrected chi connectivity index (χ2v) is 5.49. The zero-order valence-electron chi connectivity index (χ0n) is 11.4. The molecule has 0 bridgehead atoms. The van der Waals surface area contributed by atoms with Crippen LogP contribution in [-0.2, 0) is 4.79 Å². The molecule has 0 spiro atoms. The summed E-state index contributed by atoms with van der Waals surface area (Å²) in [5.41, 5.74) is 0.209. The number of carbonyl (C=O) groups is 1. The number of benzene rings is 1. The molecule has 0 unspecified atom stereocenters. The molecule has 0 aliphatic carbocycles. The summed E-state index contributed by atoms with van der Waals surface area (Å²) in [5.74, 6) is -0.545. The summed E-state index contributed by atoms with van der Waals surface area (Å²) < 4.78 is 38.1. The van der Waals surface area contributed by atoms with Crippen LogP contribution in [0.5, 0.6) is 0 Å². The number of nitrogens with zero attached hydrogens (tertiary/aromatic N) is 2. The molecule has 2 rings (SSSR count). The fourth-order valence-electron chi connectivity index (χ4n) is 2.34. The zero-order chi connectivity index (χ0) is 15.5. The van der Waals surface area contributed by atoms with Gasteiger partial charge in [0.25, 0.3) is 0 Å². The first kappa shape index (κ1) is 16.1. The number of anilines is 1. The number of carbonyl (C=O) groups excluding carboxylic acids is 1. The van der Waals surface area contributed by atoms with Crippen LogP contribution in [0.1, 0.15) is 12.8 Å². The van der Waals surface area contributed by atoms with Gasteiger partial charge >= 0.3 is 6.18 Å². The summed E-state index contributed by atoms with van der Waals surface area (Å²) >= 11 is 5.73. The molecule has 21 heavy (non-hydrogen) atoms. The molecular weight excluding hydrogens is 305 g/mol. The van der Waals surface area contributed by atoms with Crippen LogP contribution in [0.25, 0.3) is 0 Å². The van der Waals surface area contributed by atoms with Crippen molar-refractivity contribution in [3.8, 4) is 0 Å². The fraction of sp³-hybridized carbons (Fsp3) is 0.500. The van der Waals surface area contributed by atoms with Gasteiger partial charge in [0.15, 0.2) is 0 Å². The molecule has 0 saturated carbocycles. The molecule has 1 aliphatic rings. The van der Waals surface area contributed by atoms with Crippen molar-refractivity contribution in [2.75, 3.05) is 31.1 Å². The third kappa shape index (κ3) is 4.89. The van der Waals surface area contributed by atoms with Gasteiger partial charge in [-0.25, -0.2) is 0 Å². The van der Waals surface area contributed by atoms with E-state index in [9.17, 15) is 18.0 Å². The first-order chi connectivity index (χ1) is 9.85. The molecule has 0 atom stereocenters. The number of alkyl halides is 3. The summed E-state index contributed by atoms with van der Waals surface area (Å²) in [6.07, 6.45) is -2.48. The van der Waals surface area contributed by atoms with Gasteiger partial charge in [0.05, 0.1) is 6.54 Å². The highest BCUT2D eigenvalue weighted by Gasteiger charge is 2.34. The molecule has 0 radical (unpaired) electrons. The standard InChI is InChI=1S/C14H16ClF3N2O/c15-11-3-5-12(6-4-11)20(10-14(16,17)18)13(21)9-19-7-1-2-8-19/h3-6H,1-2,7-10H2. The molecule has 116 valence electrons. The predicted octanol–water partition coefficient (Wildman–Crippen LogP) is 3.33. The molecule has 7 heteroatoms. The number of rotatable bonds is 4. The third-order valence-electron chi connectivity index (χ3n) is 3.33. The Morgan fingerprint density at radius 1 is 1.19 bits per heavy atom. The molecule has 1 fully saturated rings. The van der Waals surface area contributed by atoms with Crippen molar-refractivity contribution in [1.82, 2.24) is 4.90 Å². The van der Waals surface area contributed by atoms with E-state index in [1.165, 1.54) is 24.3 Å². The Labute approximate surface area is 126 Å². The van der Waals surface area contributed by atoms with E-state index >= 15 is 0 Å². The normalized spacial score (nSPS) is 16.2. The van der Waals surface area contributed by atoms with Gasteiger partial charge in [0.1, 0.15) is 6.54 Å². The summed E-state index contributed by atoms with van der Waals surface area (Å²) in [6.45, 7) is 0.235. The second kappa shape index (κ2) is 6.66. The van der Waals surface area contributed by atoms with Crippen molar-refractivity contribution in [3.05, 3.63) is 29.3 Å². The van der Waals surface area contributed by atoms with Crippen molar-refractivity contribution in [1.29, 1.82) is 0 Å². The Balaban J connectivity index is 2.14. The van der Waals surface area contributed by atoms with Crippen molar-refractivity contribution in [2.45, 2.75) is 19.0 Å². The van der Waals surface area contributed by atoms with Crippen molar-refractivity contribution in [3.63, 3.8) is 0 Å². The van der Waals surface area contributed by atoms with Crippen molar-refractivity contribution >= 4 is 23.2 Å². The Morgan fingerprint density at radius 2 is 1.76 bits per heavy atom. The number of likely N-dealkylation sites (tertiary alicyclic amines) is 1. The summed E-state index contributed by atoms with van der Waals surface area (Å²) in [4.78, 5) is 14.9. The van der Waals surface area contributed by atoms with Gasteiger partial charge in [0.2, 0.25) is 5.91 Å². The van der Waals surface area contributed by atoms with E-state index in [1.807, 2.05) is 4.90 Å². The highest BCUT2D eigenvalue weighted by atomic mass is 35.5. The summed E-state index contributed by atoms with van der Waals surface area (Å²) in [6, 6.07) is 5.80. The topological polar surface area (TPSA) is 23.6 Å². The first-order valence-electron chi connectivity index (χ1n) is 6.70. The molecule has 0 N–H and O–H groups in total. The minimum Gasteiger partial charge on any atom is -0.302 e. The van der Waals surface area contributed by atoms with Crippen LogP contribution in [-0.4, -0.2) is 43.2 Å². The minimum absolute atomic E-state index is 0.0126. The number of amides is 1. The summed E-state index contributed by atoms with van der Waals surface area (Å²) in [7, 11) is 0. The zero-order valence-corrected chi connectivity index (χ0v) is 12.1. The van der Waals surface area contributed by atoms with Crippen LogP contribution < -0.4 is 4.90 Å². The fourth-order valence-corrected chi connectivity index (χ4v) is 2.47. The number of halogens is 4. The molecule has 0 aromatic heterocycles. The first-order valence-corrected chi connectivity index (χ1v) is 7.08. The van der Waals surface area contributed by atoms with E-state index in [2.05, 4.69) is 0 Å². The van der Waals surface area contributed by atoms with Crippen LogP contribution in [0.4, 0.5) is 18.9 Å².